The van der Waals surface area contributed by atoms with Crippen LogP contribution in [0.25, 0.3) is 5.69 Å². The molecular weight excluding hydrogens is 439 g/mol. The van der Waals surface area contributed by atoms with Crippen molar-refractivity contribution in [2.75, 3.05) is 0 Å². The lowest BCUT2D eigenvalue weighted by atomic mass is 10.1. The number of rotatable bonds is 3. The molecule has 0 aliphatic rings. The van der Waals surface area contributed by atoms with Crippen LogP contribution in [0.15, 0.2) is 26.6 Å². The molecule has 13 heteroatoms. The fourth-order valence-corrected chi connectivity index (χ4v) is 4.04. The highest BCUT2D eigenvalue weighted by Gasteiger charge is 2.38. The van der Waals surface area contributed by atoms with Crippen LogP contribution in [0.2, 0.25) is 5.02 Å². The topological polar surface area (TPSA) is 78.1 Å². The van der Waals surface area contributed by atoms with Crippen LogP contribution in [0.4, 0.5) is 17.6 Å². The van der Waals surface area contributed by atoms with E-state index in [2.05, 4.69) is 0 Å². The molecule has 0 aliphatic carbocycles. The zero-order chi connectivity index (χ0) is 20.9. The van der Waals surface area contributed by atoms with E-state index in [1.165, 1.54) is 6.92 Å². The highest BCUT2D eigenvalue weighted by molar-refractivity contribution is 8.13. The van der Waals surface area contributed by atoms with Gasteiger partial charge in [-0.1, -0.05) is 18.5 Å². The molecule has 1 aromatic heterocycles. The van der Waals surface area contributed by atoms with E-state index in [-0.39, 0.29) is 9.13 Å². The standard InChI is InChI=1S/C14H10Cl2F4N2O4S/c1-3-6-11(14(18,19)20)21(2)13(24)22(12(6)23)9-5-10(27(16,25)26)7(15)4-8(9)17/h4-5H,3H2,1-2H3. The molecule has 0 bridgehead atoms. The van der Waals surface area contributed by atoms with Crippen molar-refractivity contribution in [1.82, 2.24) is 9.13 Å². The lowest BCUT2D eigenvalue weighted by molar-refractivity contribution is -0.144. The molecule has 0 N–H and O–H groups in total. The molecule has 0 fully saturated rings. The number of aromatic nitrogens is 2. The zero-order valence-corrected chi connectivity index (χ0v) is 15.9. The quantitative estimate of drug-likeness (QED) is 0.534. The van der Waals surface area contributed by atoms with Crippen molar-refractivity contribution in [3.05, 3.63) is 55.1 Å². The van der Waals surface area contributed by atoms with Gasteiger partial charge in [-0.3, -0.25) is 9.36 Å². The number of hydrogen-bond acceptors (Lipinski definition) is 4. The van der Waals surface area contributed by atoms with Gasteiger partial charge in [0, 0.05) is 23.3 Å². The molecule has 2 aromatic rings. The Labute approximate surface area is 159 Å². The summed E-state index contributed by atoms with van der Waals surface area (Å²) in [5.41, 5.74) is -6.13. The van der Waals surface area contributed by atoms with Crippen LogP contribution < -0.4 is 11.2 Å². The third-order valence-electron chi connectivity index (χ3n) is 3.69. The van der Waals surface area contributed by atoms with Gasteiger partial charge < -0.3 is 0 Å². The minimum absolute atomic E-state index is 0.102. The molecule has 0 radical (unpaired) electrons. The van der Waals surface area contributed by atoms with Crippen LogP contribution in [0.5, 0.6) is 0 Å². The van der Waals surface area contributed by atoms with E-state index in [1.807, 2.05) is 0 Å². The zero-order valence-electron chi connectivity index (χ0n) is 13.6. The Morgan fingerprint density at radius 3 is 2.19 bits per heavy atom. The van der Waals surface area contributed by atoms with Crippen molar-refractivity contribution in [2.24, 2.45) is 7.05 Å². The summed E-state index contributed by atoms with van der Waals surface area (Å²) in [4.78, 5) is 24.1. The van der Waals surface area contributed by atoms with Gasteiger partial charge >= 0.3 is 11.9 Å². The number of benzene rings is 1. The van der Waals surface area contributed by atoms with Gasteiger partial charge in [-0.15, -0.1) is 0 Å². The van der Waals surface area contributed by atoms with Crippen molar-refractivity contribution < 1.29 is 26.0 Å². The molecule has 2 rings (SSSR count). The molecule has 1 heterocycles. The molecule has 0 atom stereocenters. The molecule has 0 aliphatic heterocycles. The Hall–Kier alpha value is -1.85. The fraction of sp³-hybridized carbons (Fsp3) is 0.286. The van der Waals surface area contributed by atoms with Gasteiger partial charge in [-0.05, 0) is 18.6 Å². The van der Waals surface area contributed by atoms with Gasteiger partial charge in [0.2, 0.25) is 0 Å². The Bertz CT molecular complexity index is 1150. The summed E-state index contributed by atoms with van der Waals surface area (Å²) in [6, 6.07) is 0.997. The van der Waals surface area contributed by atoms with Crippen LogP contribution in [-0.4, -0.2) is 17.6 Å². The SMILES string of the molecule is CCc1c(C(F)(F)F)n(C)c(=O)n(-c2cc(S(=O)(=O)Cl)c(Cl)cc2F)c1=O. The minimum atomic E-state index is -5.01. The average molecular weight is 449 g/mol. The van der Waals surface area contributed by atoms with Crippen LogP contribution in [0, 0.1) is 5.82 Å². The second-order valence-corrected chi connectivity index (χ2v) is 8.27. The summed E-state index contributed by atoms with van der Waals surface area (Å²) >= 11 is 5.60. The molecule has 27 heavy (non-hydrogen) atoms. The van der Waals surface area contributed by atoms with Crippen LogP contribution in [-0.2, 0) is 28.7 Å². The Morgan fingerprint density at radius 1 is 1.19 bits per heavy atom. The van der Waals surface area contributed by atoms with E-state index in [0.717, 1.165) is 7.05 Å². The van der Waals surface area contributed by atoms with Crippen molar-refractivity contribution in [1.29, 1.82) is 0 Å². The third-order valence-corrected chi connectivity index (χ3v) is 5.47. The minimum Gasteiger partial charge on any atom is -0.292 e. The van der Waals surface area contributed by atoms with Gasteiger partial charge in [-0.25, -0.2) is 22.2 Å². The van der Waals surface area contributed by atoms with E-state index >= 15 is 0 Å². The molecule has 6 nitrogen and oxygen atoms in total. The third kappa shape index (κ3) is 3.76. The van der Waals surface area contributed by atoms with Crippen molar-refractivity contribution in [3.8, 4) is 5.69 Å². The second kappa shape index (κ2) is 6.95. The lowest BCUT2D eigenvalue weighted by Crippen LogP contribution is -2.44. The highest BCUT2D eigenvalue weighted by Crippen LogP contribution is 2.31. The maximum Gasteiger partial charge on any atom is 0.432 e. The molecule has 0 amide bonds. The average Bonchev–Trinajstić information content (AvgIpc) is 2.50. The second-order valence-electron chi connectivity index (χ2n) is 5.33. The Kier molecular flexibility index (Phi) is 5.52. The largest absolute Gasteiger partial charge is 0.432 e. The maximum atomic E-state index is 14.3. The van der Waals surface area contributed by atoms with Gasteiger partial charge in [-0.2, -0.15) is 13.2 Å². The molecule has 1 aromatic carbocycles. The normalized spacial score (nSPS) is 12.4. The van der Waals surface area contributed by atoms with Crippen LogP contribution in [0.1, 0.15) is 18.2 Å². The van der Waals surface area contributed by atoms with E-state index in [0.29, 0.717) is 12.1 Å². The molecule has 148 valence electrons. The van der Waals surface area contributed by atoms with E-state index in [9.17, 15) is 35.6 Å². The highest BCUT2D eigenvalue weighted by atomic mass is 35.7. The first-order chi connectivity index (χ1) is 12.2. The van der Waals surface area contributed by atoms with E-state index in [1.54, 1.807) is 0 Å². The summed E-state index contributed by atoms with van der Waals surface area (Å²) in [6.07, 6.45) is -5.43. The number of nitrogens with zero attached hydrogens (tertiary/aromatic N) is 2. The monoisotopic (exact) mass is 448 g/mol. The van der Waals surface area contributed by atoms with Crippen molar-refractivity contribution >= 4 is 31.3 Å². The van der Waals surface area contributed by atoms with Crippen molar-refractivity contribution in [3.63, 3.8) is 0 Å². The van der Waals surface area contributed by atoms with Crippen molar-refractivity contribution in [2.45, 2.75) is 24.4 Å². The first kappa shape index (κ1) is 21.5. The van der Waals surface area contributed by atoms with Crippen LogP contribution in [0.3, 0.4) is 0 Å². The number of halogens is 6. The molecule has 0 saturated carbocycles. The molecule has 0 unspecified atom stereocenters. The van der Waals surface area contributed by atoms with Gasteiger partial charge in [0.25, 0.3) is 14.6 Å². The summed E-state index contributed by atoms with van der Waals surface area (Å²) in [5.74, 6) is -1.30. The van der Waals surface area contributed by atoms with Crippen LogP contribution >= 0.6 is 22.3 Å². The van der Waals surface area contributed by atoms with Gasteiger partial charge in [0.1, 0.15) is 16.4 Å². The fourth-order valence-electron chi connectivity index (χ4n) is 2.54. The maximum absolute atomic E-state index is 14.3. The van der Waals surface area contributed by atoms with Gasteiger partial charge in [0.15, 0.2) is 0 Å². The molecule has 0 saturated heterocycles. The Balaban J connectivity index is 3.05. The lowest BCUT2D eigenvalue weighted by Gasteiger charge is -2.18. The summed E-state index contributed by atoms with van der Waals surface area (Å²) in [6.45, 7) is 1.24. The van der Waals surface area contributed by atoms with E-state index < -0.39 is 65.6 Å². The smallest absolute Gasteiger partial charge is 0.292 e. The Morgan fingerprint density at radius 2 is 1.74 bits per heavy atom. The van der Waals surface area contributed by atoms with E-state index in [4.69, 9.17) is 22.3 Å². The number of hydrogen-bond donors (Lipinski definition) is 0. The predicted octanol–water partition coefficient (Wildman–Crippen LogP) is 2.84. The summed E-state index contributed by atoms with van der Waals surface area (Å²) < 4.78 is 77.4. The summed E-state index contributed by atoms with van der Waals surface area (Å²) in [7, 11) is 1.44. The first-order valence-electron chi connectivity index (χ1n) is 7.08. The summed E-state index contributed by atoms with van der Waals surface area (Å²) in [5, 5.41) is -0.626. The van der Waals surface area contributed by atoms with Gasteiger partial charge in [0.05, 0.1) is 10.7 Å². The predicted molar refractivity (Wildman–Crippen MR) is 89.7 cm³/mol. The first-order valence-corrected chi connectivity index (χ1v) is 9.76. The molecular formula is C14H10Cl2F4N2O4S. The number of alkyl halides is 3. The molecule has 0 spiro atoms.